The number of thiophene rings is 1. The number of nitrogens with zero attached hydrogens (tertiary/aromatic N) is 1. The van der Waals surface area contributed by atoms with E-state index in [-0.39, 0.29) is 5.91 Å². The van der Waals surface area contributed by atoms with Gasteiger partial charge in [-0.05, 0) is 42.8 Å². The first-order valence-corrected chi connectivity index (χ1v) is 10.5. The fourth-order valence-electron chi connectivity index (χ4n) is 2.43. The van der Waals surface area contributed by atoms with E-state index in [2.05, 4.69) is 15.0 Å². The molecule has 0 aliphatic heterocycles. The highest BCUT2D eigenvalue weighted by atomic mass is 32.2. The Morgan fingerprint density at radius 2 is 1.88 bits per heavy atom. The standard InChI is InChI=1S/C18H17N3O3S2/c1-12-5-4-8-19-17(12)13-9-16(25-11-13)18(22)20-14-6-3-7-15(10-14)21-26(2,23)24/h3-11,21H,1-2H3,(H,20,22). The van der Waals surface area contributed by atoms with E-state index in [1.54, 1.807) is 36.5 Å². The molecule has 2 heterocycles. The third-order valence-corrected chi connectivity index (χ3v) is 5.07. The van der Waals surface area contributed by atoms with Crippen LogP contribution in [-0.4, -0.2) is 25.6 Å². The molecule has 0 saturated carbocycles. The summed E-state index contributed by atoms with van der Waals surface area (Å²) in [5.74, 6) is -0.258. The molecule has 1 amide bonds. The first kappa shape index (κ1) is 18.1. The summed E-state index contributed by atoms with van der Waals surface area (Å²) < 4.78 is 25.0. The molecule has 0 saturated heterocycles. The highest BCUT2D eigenvalue weighted by Gasteiger charge is 2.13. The fraction of sp³-hybridized carbons (Fsp3) is 0.111. The van der Waals surface area contributed by atoms with Crippen molar-refractivity contribution in [3.63, 3.8) is 0 Å². The van der Waals surface area contributed by atoms with Crippen LogP contribution in [0.15, 0.2) is 54.0 Å². The smallest absolute Gasteiger partial charge is 0.265 e. The molecule has 0 atom stereocenters. The molecule has 1 aromatic carbocycles. The van der Waals surface area contributed by atoms with Gasteiger partial charge >= 0.3 is 0 Å². The number of hydrogen-bond donors (Lipinski definition) is 2. The maximum absolute atomic E-state index is 12.5. The van der Waals surface area contributed by atoms with Gasteiger partial charge in [-0.3, -0.25) is 14.5 Å². The highest BCUT2D eigenvalue weighted by Crippen LogP contribution is 2.27. The van der Waals surface area contributed by atoms with Gasteiger partial charge in [-0.2, -0.15) is 0 Å². The van der Waals surface area contributed by atoms with Crippen molar-refractivity contribution in [3.05, 3.63) is 64.5 Å². The van der Waals surface area contributed by atoms with Crippen LogP contribution in [0.1, 0.15) is 15.2 Å². The molecule has 2 N–H and O–H groups in total. The number of carbonyl (C=O) groups excluding carboxylic acids is 1. The molecule has 8 heteroatoms. The Balaban J connectivity index is 1.77. The molecule has 0 radical (unpaired) electrons. The number of sulfonamides is 1. The second-order valence-corrected chi connectivity index (χ2v) is 8.44. The van der Waals surface area contributed by atoms with E-state index in [1.807, 2.05) is 24.4 Å². The van der Waals surface area contributed by atoms with Crippen LogP contribution < -0.4 is 10.0 Å². The van der Waals surface area contributed by atoms with E-state index < -0.39 is 10.0 Å². The molecule has 0 spiro atoms. The van der Waals surface area contributed by atoms with Crippen LogP contribution in [0.4, 0.5) is 11.4 Å². The minimum Gasteiger partial charge on any atom is -0.321 e. The van der Waals surface area contributed by atoms with E-state index in [0.717, 1.165) is 23.1 Å². The minimum absolute atomic E-state index is 0.258. The average molecular weight is 387 g/mol. The zero-order chi connectivity index (χ0) is 18.7. The van der Waals surface area contributed by atoms with Gasteiger partial charge in [0.1, 0.15) is 0 Å². The normalized spacial score (nSPS) is 11.2. The summed E-state index contributed by atoms with van der Waals surface area (Å²) in [6.07, 6.45) is 2.80. The van der Waals surface area contributed by atoms with Crippen LogP contribution in [0, 0.1) is 6.92 Å². The molecule has 3 rings (SSSR count). The van der Waals surface area contributed by atoms with Crippen LogP contribution >= 0.6 is 11.3 Å². The Bertz CT molecular complexity index is 1060. The molecule has 134 valence electrons. The lowest BCUT2D eigenvalue weighted by Crippen LogP contribution is -2.12. The van der Waals surface area contributed by atoms with Crippen LogP contribution in [-0.2, 0) is 10.0 Å². The van der Waals surface area contributed by atoms with Crippen LogP contribution in [0.5, 0.6) is 0 Å². The molecule has 0 fully saturated rings. The SMILES string of the molecule is Cc1cccnc1-c1csc(C(=O)Nc2cccc(NS(C)(=O)=O)c2)c1. The first-order valence-electron chi connectivity index (χ1n) is 7.71. The summed E-state index contributed by atoms with van der Waals surface area (Å²) >= 11 is 1.33. The van der Waals surface area contributed by atoms with Gasteiger partial charge in [0.05, 0.1) is 22.5 Å². The summed E-state index contributed by atoms with van der Waals surface area (Å²) in [6, 6.07) is 12.2. The second kappa shape index (κ2) is 7.27. The Morgan fingerprint density at radius 3 is 2.62 bits per heavy atom. The Morgan fingerprint density at radius 1 is 1.12 bits per heavy atom. The Kier molecular flexibility index (Phi) is 5.06. The van der Waals surface area contributed by atoms with Crippen LogP contribution in [0.25, 0.3) is 11.3 Å². The number of rotatable bonds is 5. The highest BCUT2D eigenvalue weighted by molar-refractivity contribution is 7.92. The third-order valence-electron chi connectivity index (χ3n) is 3.53. The first-order chi connectivity index (χ1) is 12.3. The Labute approximate surface area is 156 Å². The Hall–Kier alpha value is -2.71. The summed E-state index contributed by atoms with van der Waals surface area (Å²) in [5.41, 5.74) is 3.68. The van der Waals surface area contributed by atoms with Crippen molar-refractivity contribution >= 4 is 38.6 Å². The number of carbonyl (C=O) groups is 1. The largest absolute Gasteiger partial charge is 0.321 e. The van der Waals surface area contributed by atoms with E-state index in [9.17, 15) is 13.2 Å². The van der Waals surface area contributed by atoms with E-state index in [4.69, 9.17) is 0 Å². The lowest BCUT2D eigenvalue weighted by molar-refractivity contribution is 0.103. The molecule has 0 bridgehead atoms. The van der Waals surface area contributed by atoms with Gasteiger partial charge in [0.25, 0.3) is 5.91 Å². The number of benzene rings is 1. The van der Waals surface area contributed by atoms with Gasteiger partial charge in [0.2, 0.25) is 10.0 Å². The zero-order valence-electron chi connectivity index (χ0n) is 14.2. The van der Waals surface area contributed by atoms with Crippen molar-refractivity contribution in [2.24, 2.45) is 0 Å². The summed E-state index contributed by atoms with van der Waals surface area (Å²) in [5, 5.41) is 4.67. The number of amides is 1. The van der Waals surface area contributed by atoms with Gasteiger partial charge in [-0.15, -0.1) is 11.3 Å². The summed E-state index contributed by atoms with van der Waals surface area (Å²) in [6.45, 7) is 1.97. The number of pyridine rings is 1. The quantitative estimate of drug-likeness (QED) is 0.698. The van der Waals surface area contributed by atoms with Crippen molar-refractivity contribution in [2.45, 2.75) is 6.92 Å². The van der Waals surface area contributed by atoms with E-state index in [0.29, 0.717) is 16.3 Å². The number of hydrogen-bond acceptors (Lipinski definition) is 5. The van der Waals surface area contributed by atoms with Gasteiger partial charge in [-0.25, -0.2) is 8.42 Å². The number of aryl methyl sites for hydroxylation is 1. The molecule has 0 unspecified atom stereocenters. The summed E-state index contributed by atoms with van der Waals surface area (Å²) in [4.78, 5) is 17.4. The number of aromatic nitrogens is 1. The van der Waals surface area contributed by atoms with Gasteiger partial charge in [0, 0.05) is 22.8 Å². The monoisotopic (exact) mass is 387 g/mol. The van der Waals surface area contributed by atoms with Crippen molar-refractivity contribution in [1.29, 1.82) is 0 Å². The fourth-order valence-corrected chi connectivity index (χ4v) is 3.78. The summed E-state index contributed by atoms with van der Waals surface area (Å²) in [7, 11) is -3.37. The molecule has 0 aliphatic carbocycles. The minimum atomic E-state index is -3.37. The maximum Gasteiger partial charge on any atom is 0.265 e. The van der Waals surface area contributed by atoms with Gasteiger partial charge < -0.3 is 5.32 Å². The molecule has 26 heavy (non-hydrogen) atoms. The van der Waals surface area contributed by atoms with Crippen molar-refractivity contribution < 1.29 is 13.2 Å². The predicted octanol–water partition coefficient (Wildman–Crippen LogP) is 3.74. The predicted molar refractivity (Wildman–Crippen MR) is 105 cm³/mol. The van der Waals surface area contributed by atoms with Crippen molar-refractivity contribution in [1.82, 2.24) is 4.98 Å². The van der Waals surface area contributed by atoms with Gasteiger partial charge in [-0.1, -0.05) is 12.1 Å². The van der Waals surface area contributed by atoms with E-state index >= 15 is 0 Å². The molecular formula is C18H17N3O3S2. The van der Waals surface area contributed by atoms with Gasteiger partial charge in [0.15, 0.2) is 0 Å². The van der Waals surface area contributed by atoms with Crippen LogP contribution in [0.3, 0.4) is 0 Å². The average Bonchev–Trinajstić information content (AvgIpc) is 3.04. The van der Waals surface area contributed by atoms with Crippen LogP contribution in [0.2, 0.25) is 0 Å². The second-order valence-electron chi connectivity index (χ2n) is 5.78. The molecule has 2 aromatic heterocycles. The van der Waals surface area contributed by atoms with Crippen molar-refractivity contribution in [3.8, 4) is 11.3 Å². The lowest BCUT2D eigenvalue weighted by Gasteiger charge is -2.07. The lowest BCUT2D eigenvalue weighted by atomic mass is 10.1. The molecular weight excluding hydrogens is 370 g/mol. The number of nitrogens with one attached hydrogen (secondary N) is 2. The topological polar surface area (TPSA) is 88.2 Å². The third kappa shape index (κ3) is 4.47. The molecule has 6 nitrogen and oxygen atoms in total. The zero-order valence-corrected chi connectivity index (χ0v) is 15.8. The van der Waals surface area contributed by atoms with E-state index in [1.165, 1.54) is 11.3 Å². The maximum atomic E-state index is 12.5. The number of anilines is 2. The molecule has 0 aliphatic rings. The molecule has 3 aromatic rings. The van der Waals surface area contributed by atoms with Crippen molar-refractivity contribution in [2.75, 3.05) is 16.3 Å².